The van der Waals surface area contributed by atoms with Crippen molar-refractivity contribution in [3.05, 3.63) is 36.0 Å². The fraction of sp³-hybridized carbons (Fsp3) is 0.111. The molecule has 0 fully saturated rings. The summed E-state index contributed by atoms with van der Waals surface area (Å²) in [4.78, 5) is 0. The minimum Gasteiger partial charge on any atom is -0.159 e. The standard InChI is InChI=1S/C9H8N2/c1-7-3-2-4-8-5-6-10-11-9(7)8/h2-6H,1H3. The minimum absolute atomic E-state index is 0.995. The summed E-state index contributed by atoms with van der Waals surface area (Å²) < 4.78 is 0. The molecule has 1 aromatic carbocycles. The van der Waals surface area contributed by atoms with Crippen LogP contribution in [0.15, 0.2) is 30.5 Å². The summed E-state index contributed by atoms with van der Waals surface area (Å²) in [6, 6.07) is 8.07. The summed E-state index contributed by atoms with van der Waals surface area (Å²) in [5, 5.41) is 9.01. The molecule has 0 amide bonds. The Morgan fingerprint density at radius 2 is 2.09 bits per heavy atom. The van der Waals surface area contributed by atoms with E-state index >= 15 is 0 Å². The Kier molecular flexibility index (Phi) is 1.32. The lowest BCUT2D eigenvalue weighted by atomic mass is 10.1. The predicted octanol–water partition coefficient (Wildman–Crippen LogP) is 1.94. The van der Waals surface area contributed by atoms with Gasteiger partial charge in [0.2, 0.25) is 0 Å². The van der Waals surface area contributed by atoms with E-state index in [2.05, 4.69) is 10.2 Å². The van der Waals surface area contributed by atoms with Gasteiger partial charge in [-0.15, -0.1) is 0 Å². The number of benzene rings is 1. The maximum atomic E-state index is 4.03. The van der Waals surface area contributed by atoms with E-state index in [1.165, 1.54) is 5.56 Å². The molecule has 2 rings (SSSR count). The van der Waals surface area contributed by atoms with Crippen molar-refractivity contribution >= 4 is 10.9 Å². The van der Waals surface area contributed by atoms with Gasteiger partial charge in [-0.05, 0) is 18.6 Å². The van der Waals surface area contributed by atoms with Gasteiger partial charge in [-0.3, -0.25) is 0 Å². The predicted molar refractivity (Wildman–Crippen MR) is 44.3 cm³/mol. The van der Waals surface area contributed by atoms with Crippen LogP contribution in [0.25, 0.3) is 10.9 Å². The van der Waals surface area contributed by atoms with Crippen molar-refractivity contribution < 1.29 is 0 Å². The lowest BCUT2D eigenvalue weighted by Crippen LogP contribution is -1.84. The molecule has 0 unspecified atom stereocenters. The average molecular weight is 144 g/mol. The number of hydrogen-bond donors (Lipinski definition) is 0. The van der Waals surface area contributed by atoms with Crippen molar-refractivity contribution in [1.82, 2.24) is 10.2 Å². The Morgan fingerprint density at radius 1 is 1.18 bits per heavy atom. The summed E-state index contributed by atoms with van der Waals surface area (Å²) >= 11 is 0. The second-order valence-corrected chi connectivity index (χ2v) is 2.54. The van der Waals surface area contributed by atoms with E-state index in [0.717, 1.165) is 10.9 Å². The molecule has 0 aliphatic carbocycles. The highest BCUT2D eigenvalue weighted by Crippen LogP contribution is 2.12. The molecule has 11 heavy (non-hydrogen) atoms. The highest BCUT2D eigenvalue weighted by atomic mass is 15.1. The van der Waals surface area contributed by atoms with Crippen LogP contribution >= 0.6 is 0 Å². The van der Waals surface area contributed by atoms with Gasteiger partial charge in [0.25, 0.3) is 0 Å². The van der Waals surface area contributed by atoms with Crippen molar-refractivity contribution in [2.75, 3.05) is 0 Å². The van der Waals surface area contributed by atoms with E-state index in [0.29, 0.717) is 0 Å². The molecule has 2 heteroatoms. The van der Waals surface area contributed by atoms with Gasteiger partial charge in [0, 0.05) is 5.39 Å². The van der Waals surface area contributed by atoms with Gasteiger partial charge < -0.3 is 0 Å². The van der Waals surface area contributed by atoms with Gasteiger partial charge in [-0.25, -0.2) is 0 Å². The monoisotopic (exact) mass is 144 g/mol. The maximum absolute atomic E-state index is 4.03. The van der Waals surface area contributed by atoms with Crippen LogP contribution in [0.3, 0.4) is 0 Å². The third-order valence-corrected chi connectivity index (χ3v) is 1.75. The second-order valence-electron chi connectivity index (χ2n) is 2.54. The molecule has 0 N–H and O–H groups in total. The van der Waals surface area contributed by atoms with Gasteiger partial charge >= 0.3 is 0 Å². The molecule has 2 nitrogen and oxygen atoms in total. The van der Waals surface area contributed by atoms with Crippen molar-refractivity contribution in [3.63, 3.8) is 0 Å². The first-order chi connectivity index (χ1) is 5.38. The number of aryl methyl sites for hydroxylation is 1. The average Bonchev–Trinajstić information content (AvgIpc) is 2.06. The zero-order chi connectivity index (χ0) is 7.68. The first kappa shape index (κ1) is 6.28. The fourth-order valence-corrected chi connectivity index (χ4v) is 1.16. The molecule has 0 bridgehead atoms. The van der Waals surface area contributed by atoms with Crippen LogP contribution < -0.4 is 0 Å². The summed E-state index contributed by atoms with van der Waals surface area (Å²) in [5.41, 5.74) is 2.17. The summed E-state index contributed by atoms with van der Waals surface area (Å²) in [6.07, 6.45) is 1.71. The zero-order valence-electron chi connectivity index (χ0n) is 6.28. The smallest absolute Gasteiger partial charge is 0.0958 e. The first-order valence-electron chi connectivity index (χ1n) is 3.55. The van der Waals surface area contributed by atoms with Gasteiger partial charge in [-0.2, -0.15) is 10.2 Å². The molecule has 0 saturated carbocycles. The number of aromatic nitrogens is 2. The zero-order valence-corrected chi connectivity index (χ0v) is 6.28. The molecule has 0 atom stereocenters. The van der Waals surface area contributed by atoms with E-state index in [-0.39, 0.29) is 0 Å². The number of nitrogens with zero attached hydrogens (tertiary/aromatic N) is 2. The molecule has 1 heterocycles. The quantitative estimate of drug-likeness (QED) is 0.564. The van der Waals surface area contributed by atoms with E-state index in [4.69, 9.17) is 0 Å². The fourth-order valence-electron chi connectivity index (χ4n) is 1.16. The molecule has 0 spiro atoms. The van der Waals surface area contributed by atoms with Gasteiger partial charge in [0.05, 0.1) is 11.7 Å². The lowest BCUT2D eigenvalue weighted by Gasteiger charge is -1.96. The van der Waals surface area contributed by atoms with Crippen LogP contribution in [0.4, 0.5) is 0 Å². The Bertz CT molecular complexity index is 377. The number of hydrogen-bond acceptors (Lipinski definition) is 2. The van der Waals surface area contributed by atoms with Crippen LogP contribution in [0.2, 0.25) is 0 Å². The van der Waals surface area contributed by atoms with Crippen molar-refractivity contribution in [3.8, 4) is 0 Å². The van der Waals surface area contributed by atoms with Gasteiger partial charge in [-0.1, -0.05) is 18.2 Å². The maximum Gasteiger partial charge on any atom is 0.0958 e. The van der Waals surface area contributed by atoms with E-state index in [1.54, 1.807) is 6.20 Å². The molecule has 0 aliphatic heterocycles. The van der Waals surface area contributed by atoms with Crippen LogP contribution in [-0.2, 0) is 0 Å². The van der Waals surface area contributed by atoms with Crippen LogP contribution in [0.5, 0.6) is 0 Å². The molecular formula is C9H8N2. The summed E-state index contributed by atoms with van der Waals surface area (Å²) in [7, 11) is 0. The molecule has 2 aromatic rings. The van der Waals surface area contributed by atoms with E-state index in [9.17, 15) is 0 Å². The topological polar surface area (TPSA) is 25.8 Å². The third-order valence-electron chi connectivity index (χ3n) is 1.75. The molecule has 0 saturated heterocycles. The molecule has 0 aliphatic rings. The van der Waals surface area contributed by atoms with Crippen LogP contribution in [0.1, 0.15) is 5.56 Å². The third kappa shape index (κ3) is 0.963. The van der Waals surface area contributed by atoms with E-state index < -0.39 is 0 Å². The normalized spacial score (nSPS) is 10.3. The van der Waals surface area contributed by atoms with Crippen molar-refractivity contribution in [2.45, 2.75) is 6.92 Å². The Morgan fingerprint density at radius 3 is 2.91 bits per heavy atom. The Hall–Kier alpha value is -1.44. The van der Waals surface area contributed by atoms with E-state index in [1.807, 2.05) is 31.2 Å². The number of fused-ring (bicyclic) bond motifs is 1. The Balaban J connectivity index is 2.91. The SMILES string of the molecule is Cc1cccc2ccnnc12. The molecule has 54 valence electrons. The molecule has 0 radical (unpaired) electrons. The van der Waals surface area contributed by atoms with Crippen molar-refractivity contribution in [1.29, 1.82) is 0 Å². The lowest BCUT2D eigenvalue weighted by molar-refractivity contribution is 1.07. The van der Waals surface area contributed by atoms with Crippen LogP contribution in [-0.4, -0.2) is 10.2 Å². The van der Waals surface area contributed by atoms with Gasteiger partial charge in [0.1, 0.15) is 0 Å². The number of rotatable bonds is 0. The van der Waals surface area contributed by atoms with Crippen LogP contribution in [0, 0.1) is 6.92 Å². The summed E-state index contributed by atoms with van der Waals surface area (Å²) in [6.45, 7) is 2.04. The molecule has 1 aromatic heterocycles. The second kappa shape index (κ2) is 2.31. The summed E-state index contributed by atoms with van der Waals surface area (Å²) in [5.74, 6) is 0. The Labute approximate surface area is 64.9 Å². The highest BCUT2D eigenvalue weighted by Gasteiger charge is 1.94. The minimum atomic E-state index is 0.995. The van der Waals surface area contributed by atoms with Gasteiger partial charge in [0.15, 0.2) is 0 Å². The first-order valence-corrected chi connectivity index (χ1v) is 3.55. The molecular weight excluding hydrogens is 136 g/mol. The largest absolute Gasteiger partial charge is 0.159 e. The highest BCUT2D eigenvalue weighted by molar-refractivity contribution is 5.80. The van der Waals surface area contributed by atoms with Crippen molar-refractivity contribution in [2.24, 2.45) is 0 Å².